The molecule has 0 aliphatic rings. The van der Waals surface area contributed by atoms with Crippen molar-refractivity contribution in [2.24, 2.45) is 0 Å². The summed E-state index contributed by atoms with van der Waals surface area (Å²) in [6.45, 7) is 4.00. The van der Waals surface area contributed by atoms with Crippen molar-refractivity contribution in [3.63, 3.8) is 0 Å². The van der Waals surface area contributed by atoms with Crippen molar-refractivity contribution in [1.82, 2.24) is 4.98 Å². The first-order chi connectivity index (χ1) is 5.74. The van der Waals surface area contributed by atoms with Crippen LogP contribution in [0, 0.1) is 17.1 Å². The summed E-state index contributed by atoms with van der Waals surface area (Å²) in [4.78, 5) is 3.53. The highest BCUT2D eigenvalue weighted by Crippen LogP contribution is 2.06. The molecule has 1 rings (SSSR count). The number of nitrogens with zero attached hydrogens (tertiary/aromatic N) is 2. The average Bonchev–Trinajstić information content (AvgIpc) is 2.08. The van der Waals surface area contributed by atoms with Crippen LogP contribution in [0.25, 0.3) is 0 Å². The number of nitriles is 1. The third kappa shape index (κ3) is 2.54. The number of halogens is 1. The van der Waals surface area contributed by atoms with E-state index in [4.69, 9.17) is 11.0 Å². The number of nitrogen functional groups attached to an aromatic ring is 1. The summed E-state index contributed by atoms with van der Waals surface area (Å²) in [7, 11) is 0. The number of anilines is 1. The van der Waals surface area contributed by atoms with Crippen LogP contribution in [0.15, 0.2) is 12.3 Å². The van der Waals surface area contributed by atoms with Crippen LogP contribution >= 0.6 is 0 Å². The minimum Gasteiger partial charge on any atom is -0.384 e. The second-order valence-corrected chi connectivity index (χ2v) is 1.70. The molecule has 1 aromatic rings. The molecule has 4 heteroatoms. The lowest BCUT2D eigenvalue weighted by molar-refractivity contribution is 0.622. The molecular weight excluding hydrogens is 157 g/mol. The van der Waals surface area contributed by atoms with E-state index in [1.807, 2.05) is 13.8 Å². The molecule has 0 unspecified atom stereocenters. The minimum atomic E-state index is -0.630. The maximum atomic E-state index is 12.5. The van der Waals surface area contributed by atoms with Crippen molar-refractivity contribution in [3.05, 3.63) is 23.6 Å². The summed E-state index contributed by atoms with van der Waals surface area (Å²) < 4.78 is 12.5. The molecule has 0 saturated carbocycles. The van der Waals surface area contributed by atoms with Crippen LogP contribution in [-0.2, 0) is 0 Å². The number of rotatable bonds is 0. The molecule has 0 aliphatic heterocycles. The Labute approximate surface area is 70.6 Å². The van der Waals surface area contributed by atoms with Crippen LogP contribution in [-0.4, -0.2) is 4.98 Å². The molecule has 0 saturated heterocycles. The quantitative estimate of drug-likeness (QED) is 0.639. The van der Waals surface area contributed by atoms with Crippen LogP contribution < -0.4 is 5.73 Å². The molecular formula is C8H10FN3. The zero-order valence-electron chi connectivity index (χ0n) is 7.00. The minimum absolute atomic E-state index is 0.0801. The van der Waals surface area contributed by atoms with Gasteiger partial charge in [-0.1, -0.05) is 13.8 Å². The van der Waals surface area contributed by atoms with Crippen molar-refractivity contribution in [1.29, 1.82) is 5.26 Å². The SMILES string of the molecule is CC.N#Cc1cnc(N)cc1F. The maximum Gasteiger partial charge on any atom is 0.146 e. The molecule has 0 fully saturated rings. The van der Waals surface area contributed by atoms with Gasteiger partial charge < -0.3 is 5.73 Å². The van der Waals surface area contributed by atoms with Gasteiger partial charge in [-0.05, 0) is 0 Å². The molecule has 12 heavy (non-hydrogen) atoms. The highest BCUT2D eigenvalue weighted by molar-refractivity contribution is 5.36. The van der Waals surface area contributed by atoms with Crippen LogP contribution in [0.1, 0.15) is 19.4 Å². The van der Waals surface area contributed by atoms with Crippen molar-refractivity contribution in [2.75, 3.05) is 5.73 Å². The van der Waals surface area contributed by atoms with E-state index in [9.17, 15) is 4.39 Å². The van der Waals surface area contributed by atoms with Crippen molar-refractivity contribution >= 4 is 5.82 Å². The number of nitrogens with two attached hydrogens (primary N) is 1. The van der Waals surface area contributed by atoms with E-state index in [0.29, 0.717) is 0 Å². The molecule has 0 spiro atoms. The van der Waals surface area contributed by atoms with Crippen LogP contribution in [0.2, 0.25) is 0 Å². The zero-order chi connectivity index (χ0) is 9.56. The van der Waals surface area contributed by atoms with E-state index in [0.717, 1.165) is 12.3 Å². The second kappa shape index (κ2) is 5.08. The first-order valence-corrected chi connectivity index (χ1v) is 3.55. The molecule has 0 bridgehead atoms. The Bertz CT molecular complexity index is 291. The van der Waals surface area contributed by atoms with E-state index in [2.05, 4.69) is 4.98 Å². The van der Waals surface area contributed by atoms with E-state index >= 15 is 0 Å². The summed E-state index contributed by atoms with van der Waals surface area (Å²) in [5.41, 5.74) is 5.03. The molecule has 1 aromatic heterocycles. The lowest BCUT2D eigenvalue weighted by atomic mass is 10.3. The Kier molecular flexibility index (Phi) is 4.39. The highest BCUT2D eigenvalue weighted by Gasteiger charge is 1.99. The van der Waals surface area contributed by atoms with Gasteiger partial charge >= 0.3 is 0 Å². The topological polar surface area (TPSA) is 62.7 Å². The average molecular weight is 167 g/mol. The van der Waals surface area contributed by atoms with E-state index in [1.165, 1.54) is 0 Å². The van der Waals surface area contributed by atoms with Crippen molar-refractivity contribution in [2.45, 2.75) is 13.8 Å². The third-order valence-electron chi connectivity index (χ3n) is 0.995. The van der Waals surface area contributed by atoms with Gasteiger partial charge in [0.1, 0.15) is 23.3 Å². The summed E-state index contributed by atoms with van der Waals surface area (Å²) in [5.74, 6) is -0.550. The van der Waals surface area contributed by atoms with Gasteiger partial charge in [-0.15, -0.1) is 0 Å². The van der Waals surface area contributed by atoms with E-state index in [1.54, 1.807) is 6.07 Å². The maximum absolute atomic E-state index is 12.5. The van der Waals surface area contributed by atoms with E-state index in [-0.39, 0.29) is 11.4 Å². The highest BCUT2D eigenvalue weighted by atomic mass is 19.1. The van der Waals surface area contributed by atoms with Gasteiger partial charge in [-0.3, -0.25) is 0 Å². The standard InChI is InChI=1S/C6H4FN3.C2H6/c7-5-1-6(9)10-3-4(5)2-8;1-2/h1,3H,(H2,9,10);1-2H3. The largest absolute Gasteiger partial charge is 0.384 e. The van der Waals surface area contributed by atoms with Gasteiger partial charge in [-0.25, -0.2) is 9.37 Å². The Morgan fingerprint density at radius 2 is 2.17 bits per heavy atom. The summed E-state index contributed by atoms with van der Waals surface area (Å²) in [6, 6.07) is 2.64. The predicted molar refractivity (Wildman–Crippen MR) is 44.7 cm³/mol. The lowest BCUT2D eigenvalue weighted by Crippen LogP contribution is -1.92. The lowest BCUT2D eigenvalue weighted by Gasteiger charge is -1.92. The number of hydrogen-bond acceptors (Lipinski definition) is 3. The van der Waals surface area contributed by atoms with Gasteiger partial charge in [0.2, 0.25) is 0 Å². The molecule has 0 radical (unpaired) electrons. The molecule has 2 N–H and O–H groups in total. The van der Waals surface area contributed by atoms with Gasteiger partial charge in [-0.2, -0.15) is 5.26 Å². The molecule has 1 heterocycles. The molecule has 0 aromatic carbocycles. The molecule has 64 valence electrons. The van der Waals surface area contributed by atoms with Crippen LogP contribution in [0.4, 0.5) is 10.2 Å². The third-order valence-corrected chi connectivity index (χ3v) is 0.995. The Morgan fingerprint density at radius 3 is 2.58 bits per heavy atom. The van der Waals surface area contributed by atoms with Crippen LogP contribution in [0.5, 0.6) is 0 Å². The monoisotopic (exact) mass is 167 g/mol. The normalized spacial score (nSPS) is 7.83. The Morgan fingerprint density at radius 1 is 1.58 bits per heavy atom. The Balaban J connectivity index is 0.000000561. The fourth-order valence-electron chi connectivity index (χ4n) is 0.528. The van der Waals surface area contributed by atoms with Gasteiger partial charge in [0.25, 0.3) is 0 Å². The smallest absolute Gasteiger partial charge is 0.146 e. The summed E-state index contributed by atoms with van der Waals surface area (Å²) >= 11 is 0. The molecule has 0 atom stereocenters. The number of pyridine rings is 1. The van der Waals surface area contributed by atoms with Crippen molar-refractivity contribution in [3.8, 4) is 6.07 Å². The molecule has 3 nitrogen and oxygen atoms in total. The van der Waals surface area contributed by atoms with Gasteiger partial charge in [0.05, 0.1) is 6.20 Å². The first-order valence-electron chi connectivity index (χ1n) is 3.55. The predicted octanol–water partition coefficient (Wildman–Crippen LogP) is 1.70. The molecule has 0 amide bonds. The van der Waals surface area contributed by atoms with Crippen molar-refractivity contribution < 1.29 is 4.39 Å². The van der Waals surface area contributed by atoms with Crippen LogP contribution in [0.3, 0.4) is 0 Å². The first kappa shape index (κ1) is 10.4. The number of hydrogen-bond donors (Lipinski definition) is 1. The number of aromatic nitrogens is 1. The van der Waals surface area contributed by atoms with Gasteiger partial charge in [0, 0.05) is 6.07 Å². The summed E-state index contributed by atoms with van der Waals surface area (Å²) in [6.07, 6.45) is 1.10. The Hall–Kier alpha value is -1.63. The summed E-state index contributed by atoms with van der Waals surface area (Å²) in [5, 5.41) is 8.24. The van der Waals surface area contributed by atoms with E-state index < -0.39 is 5.82 Å². The fourth-order valence-corrected chi connectivity index (χ4v) is 0.528. The fraction of sp³-hybridized carbons (Fsp3) is 0.250. The second-order valence-electron chi connectivity index (χ2n) is 1.70. The van der Waals surface area contributed by atoms with Gasteiger partial charge in [0.15, 0.2) is 0 Å². The zero-order valence-corrected chi connectivity index (χ0v) is 7.00. The molecule has 0 aliphatic carbocycles.